The number of aromatic nitrogens is 2. The Balaban J connectivity index is 2.42. The standard InChI is InChI=1S/C9H14N2O3/c1-14-7-3-2-5-11-6-4-10-8(11)9(12)13/h4,6H,2-3,5,7H2,1H3,(H,12,13). The van der Waals surface area contributed by atoms with Crippen molar-refractivity contribution >= 4 is 5.97 Å². The van der Waals surface area contributed by atoms with Crippen LogP contribution >= 0.6 is 0 Å². The minimum Gasteiger partial charge on any atom is -0.475 e. The summed E-state index contributed by atoms with van der Waals surface area (Å²) in [6.45, 7) is 1.38. The molecule has 0 fully saturated rings. The zero-order valence-electron chi connectivity index (χ0n) is 8.14. The van der Waals surface area contributed by atoms with Crippen LogP contribution in [0.25, 0.3) is 0 Å². The minimum absolute atomic E-state index is 0.0995. The molecule has 0 aromatic carbocycles. The van der Waals surface area contributed by atoms with E-state index in [0.717, 1.165) is 12.8 Å². The molecule has 0 aliphatic carbocycles. The van der Waals surface area contributed by atoms with Gasteiger partial charge in [0.05, 0.1) is 0 Å². The van der Waals surface area contributed by atoms with Gasteiger partial charge in [-0.2, -0.15) is 0 Å². The molecule has 0 radical (unpaired) electrons. The minimum atomic E-state index is -0.984. The number of carboxylic acids is 1. The van der Waals surface area contributed by atoms with Gasteiger partial charge in [-0.3, -0.25) is 0 Å². The number of rotatable bonds is 6. The van der Waals surface area contributed by atoms with E-state index in [0.29, 0.717) is 13.2 Å². The highest BCUT2D eigenvalue weighted by Crippen LogP contribution is 2.01. The van der Waals surface area contributed by atoms with E-state index in [1.807, 2.05) is 0 Å². The van der Waals surface area contributed by atoms with Crippen molar-refractivity contribution in [1.82, 2.24) is 9.55 Å². The van der Waals surface area contributed by atoms with Crippen LogP contribution in [0.2, 0.25) is 0 Å². The van der Waals surface area contributed by atoms with Gasteiger partial charge < -0.3 is 14.4 Å². The lowest BCUT2D eigenvalue weighted by Crippen LogP contribution is -2.09. The Morgan fingerprint density at radius 1 is 1.64 bits per heavy atom. The van der Waals surface area contributed by atoms with Crippen LogP contribution in [-0.2, 0) is 11.3 Å². The molecule has 0 aliphatic heterocycles. The lowest BCUT2D eigenvalue weighted by atomic mass is 10.3. The molecule has 1 rings (SSSR count). The number of unbranched alkanes of at least 4 members (excludes halogenated alkanes) is 1. The molecular weight excluding hydrogens is 184 g/mol. The molecular formula is C9H14N2O3. The molecule has 5 heteroatoms. The van der Waals surface area contributed by atoms with Crippen molar-refractivity contribution in [3.8, 4) is 0 Å². The van der Waals surface area contributed by atoms with E-state index in [4.69, 9.17) is 9.84 Å². The Morgan fingerprint density at radius 3 is 3.07 bits per heavy atom. The van der Waals surface area contributed by atoms with E-state index in [1.54, 1.807) is 17.9 Å². The topological polar surface area (TPSA) is 64.4 Å². The first-order valence-corrected chi connectivity index (χ1v) is 4.49. The van der Waals surface area contributed by atoms with E-state index < -0.39 is 5.97 Å². The number of ether oxygens (including phenoxy) is 1. The van der Waals surface area contributed by atoms with Crippen molar-refractivity contribution in [2.24, 2.45) is 0 Å². The first-order chi connectivity index (χ1) is 6.75. The molecule has 0 spiro atoms. The van der Waals surface area contributed by atoms with E-state index in [-0.39, 0.29) is 5.82 Å². The van der Waals surface area contributed by atoms with Gasteiger partial charge in [0.15, 0.2) is 0 Å². The third-order valence-electron chi connectivity index (χ3n) is 1.90. The van der Waals surface area contributed by atoms with Crippen molar-refractivity contribution in [2.45, 2.75) is 19.4 Å². The Labute approximate surface area is 82.3 Å². The Hall–Kier alpha value is -1.36. The lowest BCUT2D eigenvalue weighted by Gasteiger charge is -2.03. The Kier molecular flexibility index (Phi) is 4.12. The van der Waals surface area contributed by atoms with E-state index in [2.05, 4.69) is 4.98 Å². The number of imidazole rings is 1. The summed E-state index contributed by atoms with van der Waals surface area (Å²) in [5.41, 5.74) is 0. The molecule has 0 unspecified atom stereocenters. The second-order valence-corrected chi connectivity index (χ2v) is 2.95. The maximum absolute atomic E-state index is 10.7. The fraction of sp³-hybridized carbons (Fsp3) is 0.556. The summed E-state index contributed by atoms with van der Waals surface area (Å²) in [7, 11) is 1.65. The normalized spacial score (nSPS) is 10.4. The van der Waals surface area contributed by atoms with Crippen LogP contribution in [-0.4, -0.2) is 34.3 Å². The quantitative estimate of drug-likeness (QED) is 0.693. The fourth-order valence-corrected chi connectivity index (χ4v) is 1.22. The molecule has 14 heavy (non-hydrogen) atoms. The van der Waals surface area contributed by atoms with Crippen LogP contribution in [0, 0.1) is 0 Å². The number of carbonyl (C=O) groups is 1. The largest absolute Gasteiger partial charge is 0.475 e. The third-order valence-corrected chi connectivity index (χ3v) is 1.90. The van der Waals surface area contributed by atoms with Crippen LogP contribution in [0.1, 0.15) is 23.5 Å². The number of aryl methyl sites for hydroxylation is 1. The zero-order valence-corrected chi connectivity index (χ0v) is 8.14. The maximum Gasteiger partial charge on any atom is 0.372 e. The second-order valence-electron chi connectivity index (χ2n) is 2.95. The zero-order chi connectivity index (χ0) is 10.4. The molecule has 1 N–H and O–H groups in total. The molecule has 1 heterocycles. The van der Waals surface area contributed by atoms with Gasteiger partial charge >= 0.3 is 5.97 Å². The average molecular weight is 198 g/mol. The molecule has 5 nitrogen and oxygen atoms in total. The van der Waals surface area contributed by atoms with Gasteiger partial charge in [0.2, 0.25) is 5.82 Å². The summed E-state index contributed by atoms with van der Waals surface area (Å²) in [6, 6.07) is 0. The summed E-state index contributed by atoms with van der Waals surface area (Å²) >= 11 is 0. The van der Waals surface area contributed by atoms with Gasteiger partial charge in [-0.05, 0) is 12.8 Å². The van der Waals surface area contributed by atoms with Gasteiger partial charge in [-0.25, -0.2) is 9.78 Å². The number of nitrogens with zero attached hydrogens (tertiary/aromatic N) is 2. The second kappa shape index (κ2) is 5.39. The summed E-state index contributed by atoms with van der Waals surface area (Å²) in [5, 5.41) is 8.75. The summed E-state index contributed by atoms with van der Waals surface area (Å²) in [5.74, 6) is -0.885. The van der Waals surface area contributed by atoms with Crippen molar-refractivity contribution in [3.63, 3.8) is 0 Å². The molecule has 0 atom stereocenters. The number of aromatic carboxylic acids is 1. The van der Waals surface area contributed by atoms with Crippen molar-refractivity contribution in [3.05, 3.63) is 18.2 Å². The van der Waals surface area contributed by atoms with Crippen molar-refractivity contribution in [2.75, 3.05) is 13.7 Å². The van der Waals surface area contributed by atoms with E-state index >= 15 is 0 Å². The molecule has 0 bridgehead atoms. The first-order valence-electron chi connectivity index (χ1n) is 4.49. The Bertz CT molecular complexity index is 296. The van der Waals surface area contributed by atoms with Crippen molar-refractivity contribution in [1.29, 1.82) is 0 Å². The number of hydrogen-bond donors (Lipinski definition) is 1. The van der Waals surface area contributed by atoms with Crippen LogP contribution in [0.5, 0.6) is 0 Å². The van der Waals surface area contributed by atoms with Crippen LogP contribution in [0.3, 0.4) is 0 Å². The van der Waals surface area contributed by atoms with Crippen LogP contribution in [0.4, 0.5) is 0 Å². The average Bonchev–Trinajstić information content (AvgIpc) is 2.60. The van der Waals surface area contributed by atoms with Crippen molar-refractivity contribution < 1.29 is 14.6 Å². The number of methoxy groups -OCH3 is 1. The van der Waals surface area contributed by atoms with Gasteiger partial charge in [0, 0.05) is 32.7 Å². The van der Waals surface area contributed by atoms with Gasteiger partial charge in [-0.1, -0.05) is 0 Å². The third kappa shape index (κ3) is 2.85. The molecule has 0 amide bonds. The van der Waals surface area contributed by atoms with Crippen LogP contribution < -0.4 is 0 Å². The molecule has 1 aromatic rings. The highest BCUT2D eigenvalue weighted by molar-refractivity contribution is 5.83. The fourth-order valence-electron chi connectivity index (χ4n) is 1.22. The molecule has 0 saturated heterocycles. The molecule has 0 aliphatic rings. The summed E-state index contributed by atoms with van der Waals surface area (Å²) in [4.78, 5) is 14.4. The van der Waals surface area contributed by atoms with E-state index in [1.165, 1.54) is 6.20 Å². The van der Waals surface area contributed by atoms with Crippen LogP contribution in [0.15, 0.2) is 12.4 Å². The predicted molar refractivity (Wildman–Crippen MR) is 50.3 cm³/mol. The molecule has 1 aromatic heterocycles. The molecule has 78 valence electrons. The monoisotopic (exact) mass is 198 g/mol. The first kappa shape index (κ1) is 10.7. The highest BCUT2D eigenvalue weighted by atomic mass is 16.5. The smallest absolute Gasteiger partial charge is 0.372 e. The molecule has 0 saturated carbocycles. The summed E-state index contributed by atoms with van der Waals surface area (Å²) < 4.78 is 6.53. The number of carboxylic acid groups (broad SMARTS) is 1. The predicted octanol–water partition coefficient (Wildman–Crippen LogP) is 1.01. The van der Waals surface area contributed by atoms with E-state index in [9.17, 15) is 4.79 Å². The summed E-state index contributed by atoms with van der Waals surface area (Å²) in [6.07, 6.45) is 4.99. The van der Waals surface area contributed by atoms with Gasteiger partial charge in [-0.15, -0.1) is 0 Å². The SMILES string of the molecule is COCCCCn1ccnc1C(=O)O. The van der Waals surface area contributed by atoms with Gasteiger partial charge in [0.1, 0.15) is 0 Å². The lowest BCUT2D eigenvalue weighted by molar-refractivity contribution is 0.0678. The number of hydrogen-bond acceptors (Lipinski definition) is 3. The maximum atomic E-state index is 10.7. The highest BCUT2D eigenvalue weighted by Gasteiger charge is 2.09. The Morgan fingerprint density at radius 2 is 2.43 bits per heavy atom. The van der Waals surface area contributed by atoms with Gasteiger partial charge in [0.25, 0.3) is 0 Å².